The Kier molecular flexibility index (Phi) is 5.26. The van der Waals surface area contributed by atoms with E-state index in [2.05, 4.69) is 9.88 Å². The first kappa shape index (κ1) is 16.7. The fourth-order valence-corrected chi connectivity index (χ4v) is 3.45. The lowest BCUT2D eigenvalue weighted by Gasteiger charge is -2.40. The highest BCUT2D eigenvalue weighted by Crippen LogP contribution is 2.37. The van der Waals surface area contributed by atoms with E-state index in [1.807, 2.05) is 61.7 Å². The molecule has 2 aromatic rings. The number of nitrogens with zero attached hydrogens (tertiary/aromatic N) is 2. The molecular weight excluding hydrogens is 300 g/mol. The van der Waals surface area contributed by atoms with Gasteiger partial charge in [-0.3, -0.25) is 14.7 Å². The van der Waals surface area contributed by atoms with Crippen molar-refractivity contribution in [1.29, 1.82) is 0 Å². The summed E-state index contributed by atoms with van der Waals surface area (Å²) >= 11 is 0. The van der Waals surface area contributed by atoms with Gasteiger partial charge in [-0.05, 0) is 50.6 Å². The number of esters is 1. The molecule has 0 radical (unpaired) electrons. The number of carbonyl (C=O) groups is 1. The van der Waals surface area contributed by atoms with Crippen LogP contribution in [0.25, 0.3) is 0 Å². The van der Waals surface area contributed by atoms with Gasteiger partial charge in [0, 0.05) is 12.7 Å². The zero-order valence-corrected chi connectivity index (χ0v) is 14.1. The monoisotopic (exact) mass is 324 g/mol. The van der Waals surface area contributed by atoms with Gasteiger partial charge in [0.15, 0.2) is 0 Å². The molecule has 2 heterocycles. The molecule has 4 nitrogen and oxygen atoms in total. The van der Waals surface area contributed by atoms with E-state index in [4.69, 9.17) is 4.74 Å². The summed E-state index contributed by atoms with van der Waals surface area (Å²) in [5.41, 5.74) is 1.62. The van der Waals surface area contributed by atoms with Crippen molar-refractivity contribution >= 4 is 5.97 Å². The fourth-order valence-electron chi connectivity index (χ4n) is 3.45. The molecular formula is C20H24N2O2. The van der Waals surface area contributed by atoms with Crippen LogP contribution in [0.3, 0.4) is 0 Å². The quantitative estimate of drug-likeness (QED) is 0.792. The second-order valence-electron chi connectivity index (χ2n) is 6.27. The van der Waals surface area contributed by atoms with E-state index >= 15 is 0 Å². The molecule has 1 fully saturated rings. The summed E-state index contributed by atoms with van der Waals surface area (Å²) in [7, 11) is 0. The molecule has 0 aliphatic carbocycles. The van der Waals surface area contributed by atoms with Crippen molar-refractivity contribution in [3.63, 3.8) is 0 Å². The van der Waals surface area contributed by atoms with Gasteiger partial charge in [0.1, 0.15) is 0 Å². The number of likely N-dealkylation sites (tertiary alicyclic amines) is 1. The summed E-state index contributed by atoms with van der Waals surface area (Å²) in [5.74, 6) is -0.0892. The lowest BCUT2D eigenvalue weighted by atomic mass is 9.72. The van der Waals surface area contributed by atoms with Crippen LogP contribution in [0.5, 0.6) is 0 Å². The summed E-state index contributed by atoms with van der Waals surface area (Å²) in [6, 6.07) is 16.1. The molecule has 4 heteroatoms. The number of ether oxygens (including phenoxy) is 1. The maximum atomic E-state index is 12.7. The lowest BCUT2D eigenvalue weighted by molar-refractivity contribution is -0.152. The standard InChI is InChI=1S/C20H24N2O2/c1-2-24-19(23)20(17-8-4-3-5-9-17)11-14-22(15-12-20)16-18-10-6-7-13-21-18/h3-10,13H,2,11-12,14-16H2,1H3. The number of carbonyl (C=O) groups excluding carboxylic acids is 1. The molecule has 3 rings (SSSR count). The normalized spacial score (nSPS) is 17.4. The summed E-state index contributed by atoms with van der Waals surface area (Å²) in [6.07, 6.45) is 3.39. The molecule has 0 N–H and O–H groups in total. The SMILES string of the molecule is CCOC(=O)C1(c2ccccc2)CCN(Cc2ccccn2)CC1. The zero-order chi connectivity index (χ0) is 16.8. The molecule has 0 spiro atoms. The highest BCUT2D eigenvalue weighted by molar-refractivity contribution is 5.83. The summed E-state index contributed by atoms with van der Waals surface area (Å²) in [4.78, 5) is 19.5. The molecule has 1 aliphatic rings. The maximum absolute atomic E-state index is 12.7. The minimum Gasteiger partial charge on any atom is -0.465 e. The van der Waals surface area contributed by atoms with Crippen LogP contribution in [-0.4, -0.2) is 35.5 Å². The van der Waals surface area contributed by atoms with E-state index in [0.29, 0.717) is 6.61 Å². The number of rotatable bonds is 5. The Bertz CT molecular complexity index is 650. The van der Waals surface area contributed by atoms with Crippen molar-refractivity contribution in [2.75, 3.05) is 19.7 Å². The van der Waals surface area contributed by atoms with Crippen molar-refractivity contribution in [2.45, 2.75) is 31.7 Å². The Hall–Kier alpha value is -2.20. The van der Waals surface area contributed by atoms with Crippen LogP contribution in [0.4, 0.5) is 0 Å². The topological polar surface area (TPSA) is 42.4 Å². The van der Waals surface area contributed by atoms with E-state index in [-0.39, 0.29) is 5.97 Å². The van der Waals surface area contributed by atoms with Crippen LogP contribution in [-0.2, 0) is 21.5 Å². The number of benzene rings is 1. The van der Waals surface area contributed by atoms with Gasteiger partial charge in [-0.25, -0.2) is 0 Å². The van der Waals surface area contributed by atoms with E-state index < -0.39 is 5.41 Å². The third-order valence-corrected chi connectivity index (χ3v) is 4.81. The second kappa shape index (κ2) is 7.58. The van der Waals surface area contributed by atoms with Gasteiger partial charge in [-0.15, -0.1) is 0 Å². The minimum absolute atomic E-state index is 0.0892. The number of hydrogen-bond donors (Lipinski definition) is 0. The number of hydrogen-bond acceptors (Lipinski definition) is 4. The predicted molar refractivity (Wildman–Crippen MR) is 93.5 cm³/mol. The molecule has 0 unspecified atom stereocenters. The largest absolute Gasteiger partial charge is 0.465 e. The first-order chi connectivity index (χ1) is 11.7. The van der Waals surface area contributed by atoms with Crippen molar-refractivity contribution in [3.05, 3.63) is 66.0 Å². The van der Waals surface area contributed by atoms with Crippen LogP contribution in [0.2, 0.25) is 0 Å². The third kappa shape index (κ3) is 3.49. The smallest absolute Gasteiger partial charge is 0.316 e. The van der Waals surface area contributed by atoms with Crippen molar-refractivity contribution in [1.82, 2.24) is 9.88 Å². The van der Waals surface area contributed by atoms with Gasteiger partial charge in [0.2, 0.25) is 0 Å². The molecule has 1 aliphatic heterocycles. The second-order valence-corrected chi connectivity index (χ2v) is 6.27. The van der Waals surface area contributed by atoms with E-state index in [0.717, 1.165) is 43.7 Å². The Morgan fingerprint density at radius 1 is 1.12 bits per heavy atom. The fraction of sp³-hybridized carbons (Fsp3) is 0.400. The average Bonchev–Trinajstić information content (AvgIpc) is 2.64. The highest BCUT2D eigenvalue weighted by Gasteiger charge is 2.44. The first-order valence-corrected chi connectivity index (χ1v) is 8.59. The Morgan fingerprint density at radius 3 is 2.46 bits per heavy atom. The Morgan fingerprint density at radius 2 is 1.83 bits per heavy atom. The van der Waals surface area contributed by atoms with Crippen molar-refractivity contribution in [2.24, 2.45) is 0 Å². The molecule has 1 aromatic heterocycles. The number of piperidine rings is 1. The van der Waals surface area contributed by atoms with Crippen LogP contribution < -0.4 is 0 Å². The van der Waals surface area contributed by atoms with Gasteiger partial charge in [-0.1, -0.05) is 36.4 Å². The number of pyridine rings is 1. The molecule has 0 saturated carbocycles. The molecule has 126 valence electrons. The van der Waals surface area contributed by atoms with Gasteiger partial charge >= 0.3 is 5.97 Å². The molecule has 0 bridgehead atoms. The average molecular weight is 324 g/mol. The van der Waals surface area contributed by atoms with Crippen LogP contribution in [0.15, 0.2) is 54.7 Å². The molecule has 0 amide bonds. The maximum Gasteiger partial charge on any atom is 0.316 e. The van der Waals surface area contributed by atoms with Crippen LogP contribution >= 0.6 is 0 Å². The summed E-state index contributed by atoms with van der Waals surface area (Å²) in [5, 5.41) is 0. The number of aromatic nitrogens is 1. The summed E-state index contributed by atoms with van der Waals surface area (Å²) < 4.78 is 5.42. The molecule has 0 atom stereocenters. The molecule has 1 aromatic carbocycles. The summed E-state index contributed by atoms with van der Waals surface area (Å²) in [6.45, 7) is 4.85. The van der Waals surface area contributed by atoms with Gasteiger partial charge in [0.25, 0.3) is 0 Å². The van der Waals surface area contributed by atoms with E-state index in [1.54, 1.807) is 0 Å². The Labute approximate surface area is 143 Å². The predicted octanol–water partition coefficient (Wildman–Crippen LogP) is 3.18. The molecule has 1 saturated heterocycles. The van der Waals surface area contributed by atoms with Crippen LogP contribution in [0, 0.1) is 0 Å². The van der Waals surface area contributed by atoms with Crippen molar-refractivity contribution < 1.29 is 9.53 Å². The van der Waals surface area contributed by atoms with Gasteiger partial charge < -0.3 is 4.74 Å². The first-order valence-electron chi connectivity index (χ1n) is 8.59. The minimum atomic E-state index is -0.516. The van der Waals surface area contributed by atoms with Crippen LogP contribution in [0.1, 0.15) is 31.0 Å². The van der Waals surface area contributed by atoms with E-state index in [9.17, 15) is 4.79 Å². The van der Waals surface area contributed by atoms with E-state index in [1.165, 1.54) is 0 Å². The third-order valence-electron chi connectivity index (χ3n) is 4.81. The zero-order valence-electron chi connectivity index (χ0n) is 14.1. The lowest BCUT2D eigenvalue weighted by Crippen LogP contribution is -2.47. The van der Waals surface area contributed by atoms with Gasteiger partial charge in [0.05, 0.1) is 17.7 Å². The van der Waals surface area contributed by atoms with Gasteiger partial charge in [-0.2, -0.15) is 0 Å². The van der Waals surface area contributed by atoms with Crippen molar-refractivity contribution in [3.8, 4) is 0 Å². The Balaban J connectivity index is 1.75. The molecule has 24 heavy (non-hydrogen) atoms. The highest BCUT2D eigenvalue weighted by atomic mass is 16.5.